The molecule has 5 amide bonds. The maximum Gasteiger partial charge on any atom is 0.408 e. The van der Waals surface area contributed by atoms with Gasteiger partial charge in [-0.15, -0.1) is 6.58 Å². The molecule has 3 fully saturated rings. The molecule has 2 saturated carbocycles. The molecule has 12 heteroatoms. The topological polar surface area (TPSA) is 163 Å². The van der Waals surface area contributed by atoms with E-state index in [9.17, 15) is 28.8 Å². The van der Waals surface area contributed by atoms with Gasteiger partial charge in [0.25, 0.3) is 5.91 Å². The predicted molar refractivity (Wildman–Crippen MR) is 178 cm³/mol. The van der Waals surface area contributed by atoms with Crippen LogP contribution < -0.4 is 21.3 Å². The van der Waals surface area contributed by atoms with Crippen molar-refractivity contribution in [2.45, 2.75) is 130 Å². The van der Waals surface area contributed by atoms with Crippen LogP contribution >= 0.6 is 0 Å². The first-order chi connectivity index (χ1) is 21.7. The van der Waals surface area contributed by atoms with E-state index < -0.39 is 58.9 Å². The molecule has 3 rings (SSSR count). The molecule has 7 atom stereocenters. The van der Waals surface area contributed by atoms with Crippen molar-refractivity contribution in [1.82, 2.24) is 26.2 Å². The summed E-state index contributed by atoms with van der Waals surface area (Å²) in [6.07, 6.45) is 3.89. The summed E-state index contributed by atoms with van der Waals surface area (Å²) >= 11 is 0. The molecule has 0 aromatic heterocycles. The summed E-state index contributed by atoms with van der Waals surface area (Å²) in [6.45, 7) is 20.9. The van der Waals surface area contributed by atoms with Crippen LogP contribution in [0, 0.1) is 29.1 Å². The summed E-state index contributed by atoms with van der Waals surface area (Å²) in [5.74, 6) is -3.36. The first-order valence-corrected chi connectivity index (χ1v) is 17.1. The summed E-state index contributed by atoms with van der Waals surface area (Å²) in [5, 5.41) is 11.1. The second-order valence-electron chi connectivity index (χ2n) is 16.1. The lowest BCUT2D eigenvalue weighted by Gasteiger charge is -2.39. The molecular formula is C35H57N5O7. The maximum atomic E-state index is 14.5. The standard InChI is InChI=1S/C35H57N5O7/c1-11-14-23(27(41)30(44)36-17-12-2)37-29(43)26-24-22(35(24,9)10)19-40(26)31(45)25(38-32(46)47-34(6,7)8)20-15-13-16-21(18-20)28(42)39-33(3,4)5/h12,20-26H,2,11,13-19H2,1,3-10H3,(H,36,44)(H,37,43)(H,38,46)(H,39,42). The van der Waals surface area contributed by atoms with Gasteiger partial charge in [0, 0.05) is 24.5 Å². The maximum absolute atomic E-state index is 14.5. The Bertz CT molecular complexity index is 1230. The third-order valence-electron chi connectivity index (χ3n) is 9.59. The highest BCUT2D eigenvalue weighted by Crippen LogP contribution is 2.65. The highest BCUT2D eigenvalue weighted by Gasteiger charge is 2.69. The number of carbonyl (C=O) groups is 6. The number of hydrogen-bond donors (Lipinski definition) is 4. The Labute approximate surface area is 279 Å². The number of alkyl carbamates (subject to hydrolysis) is 1. The fraction of sp³-hybridized carbons (Fsp3) is 0.771. The number of nitrogens with one attached hydrogen (secondary N) is 4. The van der Waals surface area contributed by atoms with Gasteiger partial charge >= 0.3 is 6.09 Å². The highest BCUT2D eigenvalue weighted by atomic mass is 16.6. The van der Waals surface area contributed by atoms with Gasteiger partial charge < -0.3 is 30.9 Å². The van der Waals surface area contributed by atoms with E-state index in [4.69, 9.17) is 4.74 Å². The third-order valence-corrected chi connectivity index (χ3v) is 9.59. The van der Waals surface area contributed by atoms with Crippen molar-refractivity contribution in [3.05, 3.63) is 12.7 Å². The fourth-order valence-electron chi connectivity index (χ4n) is 7.27. The first-order valence-electron chi connectivity index (χ1n) is 17.1. The van der Waals surface area contributed by atoms with Gasteiger partial charge in [-0.05, 0) is 90.4 Å². The van der Waals surface area contributed by atoms with Crippen LogP contribution in [-0.4, -0.2) is 82.8 Å². The lowest BCUT2D eigenvalue weighted by Crippen LogP contribution is -2.60. The average Bonchev–Trinajstić information content (AvgIpc) is 3.27. The van der Waals surface area contributed by atoms with Crippen molar-refractivity contribution in [2.75, 3.05) is 13.1 Å². The van der Waals surface area contributed by atoms with E-state index in [0.29, 0.717) is 38.6 Å². The Morgan fingerprint density at radius 3 is 2.23 bits per heavy atom. The Morgan fingerprint density at radius 2 is 1.66 bits per heavy atom. The van der Waals surface area contributed by atoms with Gasteiger partial charge in [-0.2, -0.15) is 0 Å². The Kier molecular flexibility index (Phi) is 11.9. The zero-order valence-corrected chi connectivity index (χ0v) is 29.8. The second-order valence-corrected chi connectivity index (χ2v) is 16.1. The molecule has 4 N–H and O–H groups in total. The fourth-order valence-corrected chi connectivity index (χ4v) is 7.27. The van der Waals surface area contributed by atoms with Crippen LogP contribution in [0.25, 0.3) is 0 Å². The zero-order chi connectivity index (χ0) is 35.5. The molecule has 3 aliphatic rings. The van der Waals surface area contributed by atoms with Gasteiger partial charge in [-0.1, -0.05) is 39.7 Å². The number of carbonyl (C=O) groups excluding carboxylic acids is 6. The Hall–Kier alpha value is -3.44. The molecule has 0 spiro atoms. The quantitative estimate of drug-likeness (QED) is 0.185. The summed E-state index contributed by atoms with van der Waals surface area (Å²) in [7, 11) is 0. The number of Topliss-reactive ketones (excluding diaryl/α,β-unsaturated/α-hetero) is 1. The van der Waals surface area contributed by atoms with Gasteiger partial charge in [-0.3, -0.25) is 24.0 Å². The number of piperidine rings is 1. The third kappa shape index (κ3) is 9.56. The molecule has 264 valence electrons. The SMILES string of the molecule is C=CCNC(=O)C(=O)C(CCC)NC(=O)C1C2C(CN1C(=O)C(NC(=O)OC(C)(C)C)C1CCCC(C(=O)NC(C)(C)C)C1)C2(C)C. The Morgan fingerprint density at radius 1 is 1.00 bits per heavy atom. The van der Waals surface area contributed by atoms with Crippen LogP contribution in [0.5, 0.6) is 0 Å². The summed E-state index contributed by atoms with van der Waals surface area (Å²) in [6, 6.07) is -2.97. The van der Waals surface area contributed by atoms with E-state index in [2.05, 4.69) is 41.7 Å². The lowest BCUT2D eigenvalue weighted by atomic mass is 9.76. The van der Waals surface area contributed by atoms with E-state index in [-0.39, 0.29) is 48.0 Å². The molecule has 0 aromatic rings. The molecule has 1 heterocycles. The largest absolute Gasteiger partial charge is 0.444 e. The molecule has 0 radical (unpaired) electrons. The molecule has 7 unspecified atom stereocenters. The van der Waals surface area contributed by atoms with Crippen LogP contribution in [0.3, 0.4) is 0 Å². The highest BCUT2D eigenvalue weighted by molar-refractivity contribution is 6.38. The predicted octanol–water partition coefficient (Wildman–Crippen LogP) is 3.24. The molecule has 1 saturated heterocycles. The number of nitrogens with zero attached hydrogens (tertiary/aromatic N) is 1. The molecule has 12 nitrogen and oxygen atoms in total. The average molecular weight is 660 g/mol. The van der Waals surface area contributed by atoms with E-state index >= 15 is 0 Å². The molecular weight excluding hydrogens is 602 g/mol. The van der Waals surface area contributed by atoms with E-state index in [1.54, 1.807) is 20.8 Å². The van der Waals surface area contributed by atoms with Crippen molar-refractivity contribution in [3.8, 4) is 0 Å². The molecule has 1 aliphatic heterocycles. The van der Waals surface area contributed by atoms with Gasteiger partial charge in [0.15, 0.2) is 0 Å². The Balaban J connectivity index is 1.90. The van der Waals surface area contributed by atoms with Crippen molar-refractivity contribution >= 4 is 35.5 Å². The number of likely N-dealkylation sites (tertiary alicyclic amines) is 1. The smallest absolute Gasteiger partial charge is 0.408 e. The van der Waals surface area contributed by atoms with E-state index in [1.165, 1.54) is 11.0 Å². The summed E-state index contributed by atoms with van der Waals surface area (Å²) in [4.78, 5) is 81.9. The number of fused-ring (bicyclic) bond motifs is 1. The van der Waals surface area contributed by atoms with Crippen LogP contribution in [0.2, 0.25) is 0 Å². The minimum atomic E-state index is -1.05. The molecule has 0 aromatic carbocycles. The normalized spacial score (nSPS) is 26.1. The number of ether oxygens (including phenoxy) is 1. The van der Waals surface area contributed by atoms with Gasteiger partial charge in [0.2, 0.25) is 23.5 Å². The minimum Gasteiger partial charge on any atom is -0.444 e. The first kappa shape index (κ1) is 38.0. The molecule has 0 bridgehead atoms. The van der Waals surface area contributed by atoms with E-state index in [1.807, 2.05) is 27.7 Å². The molecule has 2 aliphatic carbocycles. The van der Waals surface area contributed by atoms with Crippen LogP contribution in [0.4, 0.5) is 4.79 Å². The molecule has 47 heavy (non-hydrogen) atoms. The van der Waals surface area contributed by atoms with Crippen molar-refractivity contribution in [3.63, 3.8) is 0 Å². The number of hydrogen-bond acceptors (Lipinski definition) is 7. The summed E-state index contributed by atoms with van der Waals surface area (Å²) in [5.41, 5.74) is -1.43. The van der Waals surface area contributed by atoms with Gasteiger partial charge in [0.1, 0.15) is 17.7 Å². The van der Waals surface area contributed by atoms with Crippen molar-refractivity contribution in [1.29, 1.82) is 0 Å². The summed E-state index contributed by atoms with van der Waals surface area (Å²) < 4.78 is 5.54. The lowest BCUT2D eigenvalue weighted by molar-refractivity contribution is -0.145. The zero-order valence-electron chi connectivity index (χ0n) is 29.8. The van der Waals surface area contributed by atoms with Gasteiger partial charge in [0.05, 0.1) is 6.04 Å². The van der Waals surface area contributed by atoms with Crippen molar-refractivity contribution in [2.24, 2.45) is 29.1 Å². The second kappa shape index (κ2) is 14.8. The minimum absolute atomic E-state index is 0.0530. The van der Waals surface area contributed by atoms with Crippen LogP contribution in [0.15, 0.2) is 12.7 Å². The van der Waals surface area contributed by atoms with Crippen molar-refractivity contribution < 1.29 is 33.5 Å². The van der Waals surface area contributed by atoms with E-state index in [0.717, 1.165) is 0 Å². The number of ketones is 1. The van der Waals surface area contributed by atoms with Crippen LogP contribution in [0.1, 0.15) is 101 Å². The number of amides is 5. The number of rotatable bonds is 12. The van der Waals surface area contributed by atoms with Gasteiger partial charge in [-0.25, -0.2) is 4.79 Å². The monoisotopic (exact) mass is 659 g/mol. The van der Waals surface area contributed by atoms with Crippen LogP contribution in [-0.2, 0) is 28.7 Å².